The molecule has 2 heterocycles. The number of halogens is 3. The Labute approximate surface area is 179 Å². The zero-order valence-corrected chi connectivity index (χ0v) is 17.5. The summed E-state index contributed by atoms with van der Waals surface area (Å²) < 4.78 is 65.7. The van der Waals surface area contributed by atoms with Crippen LogP contribution < -0.4 is 19.3 Å². The lowest BCUT2D eigenvalue weighted by molar-refractivity contribution is 0.0780. The molecular weight excluding hydrogens is 460 g/mol. The number of nitrogens with two attached hydrogens (primary N) is 1. The van der Waals surface area contributed by atoms with Crippen molar-refractivity contribution in [1.29, 1.82) is 5.26 Å². The van der Waals surface area contributed by atoms with Gasteiger partial charge in [0.05, 0.1) is 30.3 Å². The van der Waals surface area contributed by atoms with Gasteiger partial charge in [0.15, 0.2) is 0 Å². The van der Waals surface area contributed by atoms with Crippen LogP contribution in [0.15, 0.2) is 23.2 Å². The van der Waals surface area contributed by atoms with Crippen LogP contribution in [0.3, 0.4) is 0 Å². The van der Waals surface area contributed by atoms with Crippen molar-refractivity contribution < 1.29 is 31.4 Å². The number of ether oxygens (including phenoxy) is 3. The predicted octanol–water partition coefficient (Wildman–Crippen LogP) is 2.25. The van der Waals surface area contributed by atoms with E-state index in [-0.39, 0.29) is 49.8 Å². The number of hydrogen-bond acceptors (Lipinski definition) is 8. The Balaban J connectivity index is 2.36. The van der Waals surface area contributed by atoms with E-state index in [0.29, 0.717) is 0 Å². The fourth-order valence-electron chi connectivity index (χ4n) is 2.81. The molecule has 3 rings (SSSR count). The second kappa shape index (κ2) is 8.50. The van der Waals surface area contributed by atoms with Crippen LogP contribution in [0.5, 0.6) is 17.5 Å². The molecule has 1 aromatic carbocycles. The van der Waals surface area contributed by atoms with Gasteiger partial charge in [-0.25, -0.2) is 22.3 Å². The standard InChI is InChI=1S/C17H14ClF2N5O5S/c1-28-15-14(30-7-12(19)20)16(29-2)24-17(23-15)25-6-11(31(22,26)27)8-3-4-10(18)9(5-21)13(8)25/h3-4,6,12H,7H2,1-2H3,(H2,22,26,27). The fraction of sp³-hybridized carbons (Fsp3) is 0.235. The van der Waals surface area contributed by atoms with Gasteiger partial charge in [-0.05, 0) is 12.1 Å². The van der Waals surface area contributed by atoms with Gasteiger partial charge in [0, 0.05) is 11.6 Å². The summed E-state index contributed by atoms with van der Waals surface area (Å²) in [6, 6.07) is 4.63. The van der Waals surface area contributed by atoms with E-state index in [1.807, 2.05) is 6.07 Å². The highest BCUT2D eigenvalue weighted by Crippen LogP contribution is 2.37. The first kappa shape index (κ1) is 22.5. The third-order valence-electron chi connectivity index (χ3n) is 4.05. The molecule has 2 aromatic heterocycles. The van der Waals surface area contributed by atoms with Crippen molar-refractivity contribution in [1.82, 2.24) is 14.5 Å². The third-order valence-corrected chi connectivity index (χ3v) is 5.30. The van der Waals surface area contributed by atoms with Gasteiger partial charge in [-0.3, -0.25) is 4.57 Å². The molecule has 0 unspecified atom stereocenters. The van der Waals surface area contributed by atoms with Crippen molar-refractivity contribution >= 4 is 32.5 Å². The van der Waals surface area contributed by atoms with E-state index in [1.165, 1.54) is 26.4 Å². The fourth-order valence-corrected chi connectivity index (χ4v) is 3.73. The summed E-state index contributed by atoms with van der Waals surface area (Å²) in [6.07, 6.45) is -1.68. The van der Waals surface area contributed by atoms with E-state index in [0.717, 1.165) is 10.8 Å². The Kier molecular flexibility index (Phi) is 6.16. The molecule has 0 bridgehead atoms. The van der Waals surface area contributed by atoms with Crippen molar-refractivity contribution in [3.63, 3.8) is 0 Å². The molecule has 31 heavy (non-hydrogen) atoms. The van der Waals surface area contributed by atoms with Gasteiger partial charge in [-0.1, -0.05) is 11.6 Å². The minimum Gasteiger partial charge on any atom is -0.478 e. The van der Waals surface area contributed by atoms with Gasteiger partial charge >= 0.3 is 0 Å². The zero-order valence-electron chi connectivity index (χ0n) is 16.0. The summed E-state index contributed by atoms with van der Waals surface area (Å²) in [5.74, 6) is -1.02. The van der Waals surface area contributed by atoms with Gasteiger partial charge in [0.25, 0.3) is 18.2 Å². The minimum atomic E-state index is -4.21. The average Bonchev–Trinajstić information content (AvgIpc) is 3.11. The van der Waals surface area contributed by atoms with Crippen LogP contribution in [0, 0.1) is 11.3 Å². The number of nitriles is 1. The number of nitrogens with zero attached hydrogens (tertiary/aromatic N) is 4. The van der Waals surface area contributed by atoms with Crippen molar-refractivity contribution in [2.75, 3.05) is 20.8 Å². The van der Waals surface area contributed by atoms with E-state index in [2.05, 4.69) is 9.97 Å². The number of benzene rings is 1. The molecule has 0 spiro atoms. The Hall–Kier alpha value is -3.21. The highest BCUT2D eigenvalue weighted by atomic mass is 35.5. The highest BCUT2D eigenvalue weighted by molar-refractivity contribution is 7.89. The van der Waals surface area contributed by atoms with E-state index in [9.17, 15) is 22.5 Å². The molecule has 0 amide bonds. The second-order valence-corrected chi connectivity index (χ2v) is 7.85. The Bertz CT molecular complexity index is 1280. The largest absolute Gasteiger partial charge is 0.478 e. The monoisotopic (exact) mass is 473 g/mol. The van der Waals surface area contributed by atoms with Gasteiger partial charge in [0.2, 0.25) is 21.7 Å². The molecule has 0 radical (unpaired) electrons. The van der Waals surface area contributed by atoms with E-state index in [1.54, 1.807) is 0 Å². The molecule has 0 fully saturated rings. The Morgan fingerprint density at radius 2 is 1.87 bits per heavy atom. The maximum Gasteiger partial charge on any atom is 0.272 e. The van der Waals surface area contributed by atoms with Crippen LogP contribution in [-0.4, -0.2) is 50.2 Å². The van der Waals surface area contributed by atoms with Crippen molar-refractivity contribution in [3.05, 3.63) is 28.9 Å². The van der Waals surface area contributed by atoms with Crippen LogP contribution in [-0.2, 0) is 10.0 Å². The molecule has 14 heteroatoms. The molecule has 164 valence electrons. The number of fused-ring (bicyclic) bond motifs is 1. The summed E-state index contributed by atoms with van der Waals surface area (Å²) in [5.41, 5.74) is -0.00185. The van der Waals surface area contributed by atoms with Crippen LogP contribution >= 0.6 is 11.6 Å². The van der Waals surface area contributed by atoms with Gasteiger partial charge in [-0.2, -0.15) is 15.2 Å². The van der Waals surface area contributed by atoms with Gasteiger partial charge in [-0.15, -0.1) is 0 Å². The first-order valence-electron chi connectivity index (χ1n) is 8.30. The van der Waals surface area contributed by atoms with Gasteiger partial charge in [0.1, 0.15) is 17.6 Å². The maximum atomic E-state index is 12.6. The first-order chi connectivity index (χ1) is 14.6. The summed E-state index contributed by atoms with van der Waals surface area (Å²) in [5, 5.41) is 15.0. The number of alkyl halides is 2. The molecule has 0 saturated heterocycles. The zero-order chi connectivity index (χ0) is 22.9. The molecular formula is C17H14ClF2N5O5S. The number of sulfonamides is 1. The SMILES string of the molecule is COc1nc(-n2cc(S(N)(=O)=O)c3ccc(Cl)c(C#N)c32)nc(OC)c1OCC(F)F. The lowest BCUT2D eigenvalue weighted by Crippen LogP contribution is -2.12. The summed E-state index contributed by atoms with van der Waals surface area (Å²) in [4.78, 5) is 7.87. The molecule has 2 N–H and O–H groups in total. The predicted molar refractivity (Wildman–Crippen MR) is 105 cm³/mol. The minimum absolute atomic E-state index is 0.0473. The van der Waals surface area contributed by atoms with E-state index < -0.39 is 23.1 Å². The van der Waals surface area contributed by atoms with E-state index in [4.69, 9.17) is 31.0 Å². The van der Waals surface area contributed by atoms with Crippen LogP contribution in [0.25, 0.3) is 16.9 Å². The highest BCUT2D eigenvalue weighted by Gasteiger charge is 2.26. The summed E-state index contributed by atoms with van der Waals surface area (Å²) >= 11 is 6.10. The van der Waals surface area contributed by atoms with Crippen molar-refractivity contribution in [2.45, 2.75) is 11.3 Å². The summed E-state index contributed by atoms with van der Waals surface area (Å²) in [7, 11) is -1.79. The number of methoxy groups -OCH3 is 2. The quantitative estimate of drug-likeness (QED) is 0.550. The van der Waals surface area contributed by atoms with Gasteiger partial charge < -0.3 is 14.2 Å². The van der Waals surface area contributed by atoms with Crippen molar-refractivity contribution in [2.24, 2.45) is 5.14 Å². The Morgan fingerprint density at radius 1 is 1.26 bits per heavy atom. The number of hydrogen-bond donors (Lipinski definition) is 1. The normalized spacial score (nSPS) is 11.5. The topological polar surface area (TPSA) is 142 Å². The average molecular weight is 474 g/mol. The molecule has 0 atom stereocenters. The second-order valence-electron chi connectivity index (χ2n) is 5.91. The Morgan fingerprint density at radius 3 is 2.35 bits per heavy atom. The third kappa shape index (κ3) is 4.18. The molecule has 0 aliphatic carbocycles. The smallest absolute Gasteiger partial charge is 0.272 e. The molecule has 0 saturated carbocycles. The van der Waals surface area contributed by atoms with Crippen LogP contribution in [0.1, 0.15) is 5.56 Å². The number of primary sulfonamides is 1. The summed E-state index contributed by atoms with van der Waals surface area (Å²) in [6.45, 7) is -0.967. The maximum absolute atomic E-state index is 12.6. The van der Waals surface area contributed by atoms with Crippen LogP contribution in [0.2, 0.25) is 5.02 Å². The molecule has 10 nitrogen and oxygen atoms in total. The molecule has 3 aromatic rings. The lowest BCUT2D eigenvalue weighted by Gasteiger charge is -2.14. The first-order valence-corrected chi connectivity index (χ1v) is 10.2. The molecule has 0 aliphatic heterocycles. The molecule has 0 aliphatic rings. The lowest BCUT2D eigenvalue weighted by atomic mass is 10.1. The van der Waals surface area contributed by atoms with Crippen molar-refractivity contribution in [3.8, 4) is 29.5 Å². The van der Waals surface area contributed by atoms with Crippen LogP contribution in [0.4, 0.5) is 8.78 Å². The number of rotatable bonds is 7. The van der Waals surface area contributed by atoms with E-state index >= 15 is 0 Å². The number of aromatic nitrogens is 3.